The van der Waals surface area contributed by atoms with Gasteiger partial charge in [-0.15, -0.1) is 12.3 Å². The SMILES string of the molecule is C#CCCCN1CCc2cc(C(=O)O)ccc21. The van der Waals surface area contributed by atoms with Crippen LogP contribution in [-0.2, 0) is 6.42 Å². The van der Waals surface area contributed by atoms with E-state index >= 15 is 0 Å². The number of nitrogens with zero attached hydrogens (tertiary/aromatic N) is 1. The van der Waals surface area contributed by atoms with E-state index in [1.54, 1.807) is 12.1 Å². The number of rotatable bonds is 4. The van der Waals surface area contributed by atoms with Crippen LogP contribution < -0.4 is 4.90 Å². The highest BCUT2D eigenvalue weighted by Crippen LogP contribution is 2.28. The Morgan fingerprint density at radius 2 is 2.35 bits per heavy atom. The van der Waals surface area contributed by atoms with Crippen molar-refractivity contribution in [1.29, 1.82) is 0 Å². The highest BCUT2D eigenvalue weighted by Gasteiger charge is 2.19. The number of terminal acetylenes is 1. The molecule has 0 atom stereocenters. The molecule has 2 rings (SSSR count). The molecule has 3 heteroatoms. The molecule has 1 aliphatic heterocycles. The van der Waals surface area contributed by atoms with Crippen LogP contribution in [0, 0.1) is 12.3 Å². The molecule has 0 spiro atoms. The molecule has 1 aromatic rings. The monoisotopic (exact) mass is 229 g/mol. The highest BCUT2D eigenvalue weighted by atomic mass is 16.4. The molecule has 0 unspecified atom stereocenters. The van der Waals surface area contributed by atoms with E-state index in [0.29, 0.717) is 5.56 Å². The molecule has 3 nitrogen and oxygen atoms in total. The maximum atomic E-state index is 10.9. The Kier molecular flexibility index (Phi) is 3.34. The minimum Gasteiger partial charge on any atom is -0.478 e. The van der Waals surface area contributed by atoms with Gasteiger partial charge in [0.05, 0.1) is 5.56 Å². The Morgan fingerprint density at radius 1 is 1.53 bits per heavy atom. The Labute approximate surface area is 101 Å². The molecule has 17 heavy (non-hydrogen) atoms. The lowest BCUT2D eigenvalue weighted by atomic mass is 10.1. The zero-order valence-corrected chi connectivity index (χ0v) is 9.65. The summed E-state index contributed by atoms with van der Waals surface area (Å²) in [4.78, 5) is 13.1. The first kappa shape index (κ1) is 11.5. The summed E-state index contributed by atoms with van der Waals surface area (Å²) in [6, 6.07) is 5.35. The summed E-state index contributed by atoms with van der Waals surface area (Å²) in [5, 5.41) is 8.92. The van der Waals surface area contributed by atoms with E-state index in [4.69, 9.17) is 11.5 Å². The average molecular weight is 229 g/mol. The molecule has 0 fully saturated rings. The Bertz CT molecular complexity index is 474. The third kappa shape index (κ3) is 2.42. The van der Waals surface area contributed by atoms with Gasteiger partial charge in [0.2, 0.25) is 0 Å². The molecule has 0 aliphatic carbocycles. The minimum atomic E-state index is -0.862. The average Bonchev–Trinajstić information content (AvgIpc) is 2.72. The standard InChI is InChI=1S/C14H15NO2/c1-2-3-4-8-15-9-7-11-10-12(14(16)17)5-6-13(11)15/h1,5-6,10H,3-4,7-9H2,(H,16,17). The van der Waals surface area contributed by atoms with E-state index in [1.165, 1.54) is 0 Å². The fourth-order valence-corrected chi connectivity index (χ4v) is 2.21. The minimum absolute atomic E-state index is 0.370. The third-order valence-corrected chi connectivity index (χ3v) is 3.07. The summed E-state index contributed by atoms with van der Waals surface area (Å²) in [7, 11) is 0. The van der Waals surface area contributed by atoms with E-state index in [1.807, 2.05) is 6.07 Å². The van der Waals surface area contributed by atoms with Crippen LogP contribution >= 0.6 is 0 Å². The lowest BCUT2D eigenvalue weighted by Crippen LogP contribution is -2.21. The number of fused-ring (bicyclic) bond motifs is 1. The molecule has 88 valence electrons. The second-order valence-electron chi connectivity index (χ2n) is 4.19. The topological polar surface area (TPSA) is 40.5 Å². The number of hydrogen-bond acceptors (Lipinski definition) is 2. The molecular formula is C14H15NO2. The van der Waals surface area contributed by atoms with E-state index in [-0.39, 0.29) is 0 Å². The third-order valence-electron chi connectivity index (χ3n) is 3.07. The van der Waals surface area contributed by atoms with Crippen LogP contribution in [0.15, 0.2) is 18.2 Å². The van der Waals surface area contributed by atoms with Crippen LogP contribution in [0.1, 0.15) is 28.8 Å². The van der Waals surface area contributed by atoms with E-state index in [2.05, 4.69) is 10.8 Å². The summed E-state index contributed by atoms with van der Waals surface area (Å²) >= 11 is 0. The van der Waals surface area contributed by atoms with Gasteiger partial charge in [-0.2, -0.15) is 0 Å². The molecule has 0 aromatic heterocycles. The summed E-state index contributed by atoms with van der Waals surface area (Å²) in [5.41, 5.74) is 2.66. The Morgan fingerprint density at radius 3 is 3.06 bits per heavy atom. The number of benzene rings is 1. The zero-order chi connectivity index (χ0) is 12.3. The van der Waals surface area contributed by atoms with Crippen LogP contribution in [-0.4, -0.2) is 24.2 Å². The van der Waals surface area contributed by atoms with Gasteiger partial charge in [-0.1, -0.05) is 0 Å². The fourth-order valence-electron chi connectivity index (χ4n) is 2.21. The molecule has 0 amide bonds. The quantitative estimate of drug-likeness (QED) is 0.635. The van der Waals surface area contributed by atoms with Crippen molar-refractivity contribution < 1.29 is 9.90 Å². The number of carboxylic acids is 1. The lowest BCUT2D eigenvalue weighted by molar-refractivity contribution is 0.0697. The van der Waals surface area contributed by atoms with Gasteiger partial charge in [0.15, 0.2) is 0 Å². The largest absolute Gasteiger partial charge is 0.478 e. The molecule has 1 aliphatic rings. The predicted octanol–water partition coefficient (Wildman–Crippen LogP) is 2.16. The van der Waals surface area contributed by atoms with Gasteiger partial charge in [-0.3, -0.25) is 0 Å². The predicted molar refractivity (Wildman–Crippen MR) is 67.4 cm³/mol. The van der Waals surface area contributed by atoms with Gasteiger partial charge in [-0.25, -0.2) is 4.79 Å². The first-order valence-electron chi connectivity index (χ1n) is 5.77. The highest BCUT2D eigenvalue weighted by molar-refractivity contribution is 5.88. The van der Waals surface area contributed by atoms with E-state index < -0.39 is 5.97 Å². The fraction of sp³-hybridized carbons (Fsp3) is 0.357. The van der Waals surface area contributed by atoms with Gasteiger partial charge >= 0.3 is 5.97 Å². The van der Waals surface area contributed by atoms with Crippen molar-refractivity contribution in [1.82, 2.24) is 0 Å². The second-order valence-corrected chi connectivity index (χ2v) is 4.19. The number of carboxylic acid groups (broad SMARTS) is 1. The van der Waals surface area contributed by atoms with Crippen molar-refractivity contribution in [3.8, 4) is 12.3 Å². The molecule has 1 N–H and O–H groups in total. The molecule has 0 saturated carbocycles. The Balaban J connectivity index is 2.11. The van der Waals surface area contributed by atoms with Gasteiger partial charge in [-0.05, 0) is 36.6 Å². The van der Waals surface area contributed by atoms with Crippen LogP contribution in [0.3, 0.4) is 0 Å². The van der Waals surface area contributed by atoms with Crippen molar-refractivity contribution >= 4 is 11.7 Å². The lowest BCUT2D eigenvalue weighted by Gasteiger charge is -2.18. The van der Waals surface area contributed by atoms with Crippen LogP contribution in [0.25, 0.3) is 0 Å². The molecule has 0 radical (unpaired) electrons. The van der Waals surface area contributed by atoms with Crippen molar-refractivity contribution in [3.05, 3.63) is 29.3 Å². The maximum Gasteiger partial charge on any atom is 0.335 e. The van der Waals surface area contributed by atoms with Crippen molar-refractivity contribution in [3.63, 3.8) is 0 Å². The number of hydrogen-bond donors (Lipinski definition) is 1. The van der Waals surface area contributed by atoms with E-state index in [0.717, 1.165) is 43.6 Å². The molecule has 1 aromatic carbocycles. The molecule has 1 heterocycles. The molecule has 0 bridgehead atoms. The summed E-state index contributed by atoms with van der Waals surface area (Å²) in [6.07, 6.45) is 7.92. The number of unbranched alkanes of at least 4 members (excludes halogenated alkanes) is 1. The molecule has 0 saturated heterocycles. The normalized spacial score (nSPS) is 13.2. The smallest absolute Gasteiger partial charge is 0.335 e. The van der Waals surface area contributed by atoms with Crippen molar-refractivity contribution in [2.24, 2.45) is 0 Å². The summed E-state index contributed by atoms with van der Waals surface area (Å²) in [6.45, 7) is 1.91. The van der Waals surface area contributed by atoms with Crippen LogP contribution in [0.5, 0.6) is 0 Å². The molecular weight excluding hydrogens is 214 g/mol. The number of aromatic carboxylic acids is 1. The number of carbonyl (C=O) groups is 1. The van der Waals surface area contributed by atoms with Crippen LogP contribution in [0.2, 0.25) is 0 Å². The van der Waals surface area contributed by atoms with Crippen molar-refractivity contribution in [2.45, 2.75) is 19.3 Å². The summed E-state index contributed by atoms with van der Waals surface area (Å²) < 4.78 is 0. The van der Waals surface area contributed by atoms with Crippen LogP contribution in [0.4, 0.5) is 5.69 Å². The van der Waals surface area contributed by atoms with E-state index in [9.17, 15) is 4.79 Å². The van der Waals surface area contributed by atoms with Gasteiger partial charge in [0.1, 0.15) is 0 Å². The van der Waals surface area contributed by atoms with Gasteiger partial charge in [0, 0.05) is 25.2 Å². The van der Waals surface area contributed by atoms with Crippen molar-refractivity contribution in [2.75, 3.05) is 18.0 Å². The van der Waals surface area contributed by atoms with Gasteiger partial charge in [0.25, 0.3) is 0 Å². The first-order valence-corrected chi connectivity index (χ1v) is 5.77. The zero-order valence-electron chi connectivity index (χ0n) is 9.65. The first-order chi connectivity index (χ1) is 8.22. The number of anilines is 1. The maximum absolute atomic E-state index is 10.9. The summed E-state index contributed by atoms with van der Waals surface area (Å²) in [5.74, 6) is 1.77. The Hall–Kier alpha value is -1.95. The second kappa shape index (κ2) is 4.92. The van der Waals surface area contributed by atoms with Gasteiger partial charge < -0.3 is 10.0 Å².